The van der Waals surface area contributed by atoms with E-state index in [2.05, 4.69) is 17.9 Å². The fourth-order valence-corrected chi connectivity index (χ4v) is 2.86. The molecule has 0 unspecified atom stereocenters. The molecular weight excluding hydrogens is 241 g/mol. The normalized spacial score (nSPS) is 18.9. The summed E-state index contributed by atoms with van der Waals surface area (Å²) in [6, 6.07) is 5.96. The number of piperidine rings is 1. The minimum Gasteiger partial charge on any atom is -0.304 e. The van der Waals surface area contributed by atoms with Crippen molar-refractivity contribution in [3.63, 3.8) is 0 Å². The van der Waals surface area contributed by atoms with Crippen LogP contribution < -0.4 is 0 Å². The molecule has 1 fully saturated rings. The summed E-state index contributed by atoms with van der Waals surface area (Å²) in [5.74, 6) is 0.578. The van der Waals surface area contributed by atoms with Crippen LogP contribution in [0.1, 0.15) is 31.2 Å². The third-order valence-electron chi connectivity index (χ3n) is 3.46. The minimum atomic E-state index is 0.578. The summed E-state index contributed by atoms with van der Waals surface area (Å²) >= 11 is 12.3. The van der Waals surface area contributed by atoms with Crippen molar-refractivity contribution < 1.29 is 0 Å². The molecule has 1 aromatic carbocycles. The third-order valence-corrected chi connectivity index (χ3v) is 4.29. The van der Waals surface area contributed by atoms with Gasteiger partial charge in [-0.15, -0.1) is 0 Å². The molecule has 0 aromatic heterocycles. The van der Waals surface area contributed by atoms with Crippen molar-refractivity contribution >= 4 is 23.2 Å². The van der Waals surface area contributed by atoms with Crippen LogP contribution in [-0.2, 0) is 0 Å². The van der Waals surface area contributed by atoms with Crippen molar-refractivity contribution in [3.05, 3.63) is 33.8 Å². The first-order chi connectivity index (χ1) is 7.72. The Labute approximate surface area is 107 Å². The van der Waals surface area contributed by atoms with Crippen LogP contribution in [0.3, 0.4) is 0 Å². The summed E-state index contributed by atoms with van der Waals surface area (Å²) in [5.41, 5.74) is 1.23. The minimum absolute atomic E-state index is 0.578. The summed E-state index contributed by atoms with van der Waals surface area (Å²) in [6.45, 7) is 5.71. The molecule has 2 rings (SSSR count). The smallest absolute Gasteiger partial charge is 0.0627 e. The summed E-state index contributed by atoms with van der Waals surface area (Å²) in [6.07, 6.45) is 2.38. The number of nitrogens with zero attached hydrogens (tertiary/aromatic N) is 1. The molecule has 0 aliphatic carbocycles. The van der Waals surface area contributed by atoms with Crippen LogP contribution in [0.4, 0.5) is 0 Å². The van der Waals surface area contributed by atoms with Gasteiger partial charge >= 0.3 is 0 Å². The van der Waals surface area contributed by atoms with Crippen molar-refractivity contribution in [2.24, 2.45) is 0 Å². The predicted octanol–water partition coefficient (Wildman–Crippen LogP) is 4.19. The summed E-state index contributed by atoms with van der Waals surface area (Å²) in [5, 5.41) is 1.43. The molecule has 0 bridgehead atoms. The molecule has 1 heterocycles. The lowest BCUT2D eigenvalue weighted by atomic mass is 9.89. The quantitative estimate of drug-likeness (QED) is 0.768. The second-order valence-corrected chi connectivity index (χ2v) is 5.14. The van der Waals surface area contributed by atoms with Gasteiger partial charge in [-0.25, -0.2) is 0 Å². The largest absolute Gasteiger partial charge is 0.304 e. The highest BCUT2D eigenvalue weighted by Crippen LogP contribution is 2.36. The highest BCUT2D eigenvalue weighted by molar-refractivity contribution is 6.42. The Kier molecular flexibility index (Phi) is 4.12. The molecule has 0 saturated carbocycles. The van der Waals surface area contributed by atoms with Gasteiger partial charge in [0.2, 0.25) is 0 Å². The van der Waals surface area contributed by atoms with E-state index >= 15 is 0 Å². The standard InChI is InChI=1S/C13H17Cl2N/c1-2-16-8-6-10(7-9-16)11-4-3-5-12(14)13(11)15/h3-5,10H,2,6-9H2,1H3. The van der Waals surface area contributed by atoms with Crippen molar-refractivity contribution in [2.75, 3.05) is 19.6 Å². The molecule has 1 aromatic rings. The molecule has 0 N–H and O–H groups in total. The van der Waals surface area contributed by atoms with Gasteiger partial charge in [0.15, 0.2) is 0 Å². The fourth-order valence-electron chi connectivity index (χ4n) is 2.40. The van der Waals surface area contributed by atoms with E-state index in [0.717, 1.165) is 11.6 Å². The molecule has 3 heteroatoms. The van der Waals surface area contributed by atoms with E-state index in [4.69, 9.17) is 23.2 Å². The van der Waals surface area contributed by atoms with E-state index in [-0.39, 0.29) is 0 Å². The average Bonchev–Trinajstić information content (AvgIpc) is 2.33. The zero-order valence-electron chi connectivity index (χ0n) is 9.55. The first-order valence-corrected chi connectivity index (χ1v) is 6.64. The molecular formula is C13H17Cl2N. The van der Waals surface area contributed by atoms with Crippen LogP contribution >= 0.6 is 23.2 Å². The zero-order valence-corrected chi connectivity index (χ0v) is 11.1. The van der Waals surface area contributed by atoms with E-state index in [0.29, 0.717) is 10.9 Å². The first-order valence-electron chi connectivity index (χ1n) is 5.88. The molecule has 1 aliphatic heterocycles. The molecule has 88 valence electrons. The molecule has 0 atom stereocenters. The molecule has 16 heavy (non-hydrogen) atoms. The zero-order chi connectivity index (χ0) is 11.5. The number of likely N-dealkylation sites (tertiary alicyclic amines) is 1. The van der Waals surface area contributed by atoms with E-state index in [1.54, 1.807) is 0 Å². The van der Waals surface area contributed by atoms with Crippen LogP contribution in [0.5, 0.6) is 0 Å². The topological polar surface area (TPSA) is 3.24 Å². The second-order valence-electron chi connectivity index (χ2n) is 4.35. The summed E-state index contributed by atoms with van der Waals surface area (Å²) in [4.78, 5) is 2.48. The van der Waals surface area contributed by atoms with Gasteiger partial charge in [-0.2, -0.15) is 0 Å². The fraction of sp³-hybridized carbons (Fsp3) is 0.538. The van der Waals surface area contributed by atoms with Crippen LogP contribution in [0.15, 0.2) is 18.2 Å². The van der Waals surface area contributed by atoms with E-state index in [1.807, 2.05) is 12.1 Å². The van der Waals surface area contributed by atoms with Gasteiger partial charge in [-0.3, -0.25) is 0 Å². The summed E-state index contributed by atoms with van der Waals surface area (Å²) in [7, 11) is 0. The van der Waals surface area contributed by atoms with E-state index in [9.17, 15) is 0 Å². The number of hydrogen-bond acceptors (Lipinski definition) is 1. The van der Waals surface area contributed by atoms with Gasteiger partial charge in [0.1, 0.15) is 0 Å². The number of halogens is 2. The van der Waals surface area contributed by atoms with Crippen LogP contribution in [0.2, 0.25) is 10.0 Å². The van der Waals surface area contributed by atoms with Gasteiger partial charge in [-0.1, -0.05) is 42.3 Å². The SMILES string of the molecule is CCN1CCC(c2cccc(Cl)c2Cl)CC1. The first kappa shape index (κ1) is 12.2. The van der Waals surface area contributed by atoms with Crippen molar-refractivity contribution in [3.8, 4) is 0 Å². The van der Waals surface area contributed by atoms with Crippen molar-refractivity contribution in [1.29, 1.82) is 0 Å². The van der Waals surface area contributed by atoms with Crippen molar-refractivity contribution in [2.45, 2.75) is 25.7 Å². The van der Waals surface area contributed by atoms with E-state index < -0.39 is 0 Å². The molecule has 1 nitrogen and oxygen atoms in total. The highest BCUT2D eigenvalue weighted by atomic mass is 35.5. The monoisotopic (exact) mass is 257 g/mol. The van der Waals surface area contributed by atoms with Crippen LogP contribution in [0.25, 0.3) is 0 Å². The maximum Gasteiger partial charge on any atom is 0.0627 e. The Balaban J connectivity index is 2.11. The van der Waals surface area contributed by atoms with Crippen molar-refractivity contribution in [1.82, 2.24) is 4.90 Å². The Morgan fingerprint density at radius 2 is 1.94 bits per heavy atom. The lowest BCUT2D eigenvalue weighted by molar-refractivity contribution is 0.222. The molecule has 0 amide bonds. The maximum atomic E-state index is 6.25. The number of rotatable bonds is 2. The molecule has 1 aliphatic rings. The van der Waals surface area contributed by atoms with Crippen LogP contribution in [-0.4, -0.2) is 24.5 Å². The van der Waals surface area contributed by atoms with Gasteiger partial charge in [0.25, 0.3) is 0 Å². The number of hydrogen-bond donors (Lipinski definition) is 0. The predicted molar refractivity (Wildman–Crippen MR) is 70.6 cm³/mol. The second kappa shape index (κ2) is 5.39. The highest BCUT2D eigenvalue weighted by Gasteiger charge is 2.21. The average molecular weight is 258 g/mol. The van der Waals surface area contributed by atoms with Gasteiger partial charge in [0, 0.05) is 0 Å². The van der Waals surface area contributed by atoms with Crippen LogP contribution in [0, 0.1) is 0 Å². The maximum absolute atomic E-state index is 6.25. The van der Waals surface area contributed by atoms with Gasteiger partial charge in [-0.05, 0) is 50.0 Å². The Morgan fingerprint density at radius 3 is 2.56 bits per heavy atom. The molecule has 1 saturated heterocycles. The molecule has 0 radical (unpaired) electrons. The number of benzene rings is 1. The lowest BCUT2D eigenvalue weighted by Crippen LogP contribution is -2.32. The van der Waals surface area contributed by atoms with Gasteiger partial charge in [0.05, 0.1) is 10.0 Å². The third kappa shape index (κ3) is 2.53. The van der Waals surface area contributed by atoms with E-state index in [1.165, 1.54) is 31.5 Å². The Bertz CT molecular complexity index is 357. The Morgan fingerprint density at radius 1 is 1.25 bits per heavy atom. The lowest BCUT2D eigenvalue weighted by Gasteiger charge is -2.31. The Hall–Kier alpha value is -0.240. The molecule has 0 spiro atoms. The summed E-state index contributed by atoms with van der Waals surface area (Å²) < 4.78 is 0. The van der Waals surface area contributed by atoms with Gasteiger partial charge < -0.3 is 4.90 Å².